The van der Waals surface area contributed by atoms with Crippen LogP contribution < -0.4 is 14.2 Å². The lowest BCUT2D eigenvalue weighted by molar-refractivity contribution is -0.206. The Morgan fingerprint density at radius 2 is 1.27 bits per heavy atom. The summed E-state index contributed by atoms with van der Waals surface area (Å²) >= 11 is 0. The molecule has 1 aliphatic heterocycles. The minimum atomic E-state index is -5.09. The fourth-order valence-corrected chi connectivity index (χ4v) is 4.61. The first-order valence-electron chi connectivity index (χ1n) is 14.1. The summed E-state index contributed by atoms with van der Waals surface area (Å²) in [5, 5.41) is 0. The zero-order valence-corrected chi connectivity index (χ0v) is 24.5. The van der Waals surface area contributed by atoms with Gasteiger partial charge in [-0.25, -0.2) is 22.0 Å². The van der Waals surface area contributed by atoms with Gasteiger partial charge in [0.1, 0.15) is 34.5 Å². The number of rotatable bonds is 13. The maximum Gasteiger partial charge on any atom is 0.432 e. The summed E-state index contributed by atoms with van der Waals surface area (Å²) in [5.41, 5.74) is -3.56. The zero-order valence-electron chi connectivity index (χ0n) is 24.5. The van der Waals surface area contributed by atoms with Gasteiger partial charge in [-0.3, -0.25) is 0 Å². The van der Waals surface area contributed by atoms with Gasteiger partial charge in [0.05, 0.1) is 18.8 Å². The quantitative estimate of drug-likeness (QED) is 0.101. The standard InChI is InChI=1S/C31H24F12O5/c1-2-3-4-5-15-13-44-29(45-14-15)16-6-7-19(20(32)8-16)30(40,41)47-17-9-21(33)25(22(34)10-17)31(42,43)48-18-11-23(35)26(24(36)12-18)46-28(39)27(37)38/h6-12,15,29H,2-5,13-14H2,1H3. The smallest absolute Gasteiger partial charge is 0.429 e. The third kappa shape index (κ3) is 8.66. The average molecular weight is 705 g/mol. The summed E-state index contributed by atoms with van der Waals surface area (Å²) in [6.45, 7) is 2.65. The lowest BCUT2D eigenvalue weighted by atomic mass is 10.0. The molecule has 3 aromatic rings. The summed E-state index contributed by atoms with van der Waals surface area (Å²) in [5.74, 6) is -14.6. The molecule has 1 fully saturated rings. The Morgan fingerprint density at radius 3 is 1.79 bits per heavy atom. The summed E-state index contributed by atoms with van der Waals surface area (Å²) in [6, 6.07) is -0.808. The third-order valence-corrected chi connectivity index (χ3v) is 6.87. The molecule has 0 aromatic heterocycles. The van der Waals surface area contributed by atoms with Gasteiger partial charge in [-0.2, -0.15) is 30.7 Å². The molecule has 0 atom stereocenters. The number of hydrogen-bond acceptors (Lipinski definition) is 5. The molecule has 0 saturated carbocycles. The Kier molecular flexibility index (Phi) is 11.4. The molecule has 262 valence electrons. The van der Waals surface area contributed by atoms with E-state index in [1.165, 1.54) is 0 Å². The Hall–Kier alpha value is -4.12. The molecule has 5 nitrogen and oxygen atoms in total. The molecule has 1 aliphatic rings. The van der Waals surface area contributed by atoms with E-state index in [1.54, 1.807) is 0 Å². The molecule has 0 bridgehead atoms. The molecule has 1 saturated heterocycles. The molecule has 48 heavy (non-hydrogen) atoms. The van der Waals surface area contributed by atoms with E-state index in [1.807, 2.05) is 0 Å². The molecular formula is C31H24F12O5. The Morgan fingerprint density at radius 1 is 0.729 bits per heavy atom. The maximum atomic E-state index is 14.9. The number of unbranched alkanes of at least 4 members (excludes halogenated alkanes) is 2. The second-order valence-corrected chi connectivity index (χ2v) is 10.5. The van der Waals surface area contributed by atoms with Crippen molar-refractivity contribution in [2.24, 2.45) is 5.92 Å². The minimum absolute atomic E-state index is 0.0577. The van der Waals surface area contributed by atoms with E-state index in [9.17, 15) is 52.7 Å². The van der Waals surface area contributed by atoms with Gasteiger partial charge in [-0.1, -0.05) is 32.3 Å². The molecule has 17 heteroatoms. The topological polar surface area (TPSA) is 46.2 Å². The van der Waals surface area contributed by atoms with E-state index in [0.29, 0.717) is 25.3 Å². The average Bonchev–Trinajstić information content (AvgIpc) is 2.98. The summed E-state index contributed by atoms with van der Waals surface area (Å²) in [6.07, 6.45) is -9.97. The van der Waals surface area contributed by atoms with E-state index in [4.69, 9.17) is 9.47 Å². The van der Waals surface area contributed by atoms with Crippen LogP contribution in [0.1, 0.15) is 55.6 Å². The first-order valence-corrected chi connectivity index (χ1v) is 14.1. The van der Waals surface area contributed by atoms with Crippen molar-refractivity contribution in [3.05, 3.63) is 100 Å². The van der Waals surface area contributed by atoms with Gasteiger partial charge in [0.25, 0.3) is 0 Å². The van der Waals surface area contributed by atoms with Crippen molar-refractivity contribution < 1.29 is 76.4 Å². The van der Waals surface area contributed by atoms with Crippen LogP contribution in [0.25, 0.3) is 0 Å². The molecule has 0 unspecified atom stereocenters. The van der Waals surface area contributed by atoms with Crippen molar-refractivity contribution in [2.45, 2.75) is 51.1 Å². The molecular weight excluding hydrogens is 680 g/mol. The number of hydrogen-bond donors (Lipinski definition) is 0. The predicted octanol–water partition coefficient (Wildman–Crippen LogP) is 10.3. The SMILES string of the molecule is CCCCCC1COC(c2ccc(C(F)(F)Oc3cc(F)c(C(F)(F)Oc4cc(F)c(OC(F)=C(F)F)c(F)c4)c(F)c3)c(F)c2)OC1. The van der Waals surface area contributed by atoms with Crippen molar-refractivity contribution in [1.82, 2.24) is 0 Å². The van der Waals surface area contributed by atoms with Crippen LogP contribution in [0.15, 0.2) is 54.6 Å². The third-order valence-electron chi connectivity index (χ3n) is 6.87. The monoisotopic (exact) mass is 704 g/mol. The van der Waals surface area contributed by atoms with Crippen molar-refractivity contribution in [3.8, 4) is 17.2 Å². The van der Waals surface area contributed by atoms with Gasteiger partial charge in [0.15, 0.2) is 17.9 Å². The second-order valence-electron chi connectivity index (χ2n) is 10.5. The number of ether oxygens (including phenoxy) is 5. The highest BCUT2D eigenvalue weighted by molar-refractivity contribution is 5.38. The Balaban J connectivity index is 1.47. The summed E-state index contributed by atoms with van der Waals surface area (Å²) in [4.78, 5) is 0. The fraction of sp³-hybridized carbons (Fsp3) is 0.355. The molecule has 3 aromatic carbocycles. The molecule has 0 aliphatic carbocycles. The number of halogens is 12. The molecule has 4 rings (SSSR count). The van der Waals surface area contributed by atoms with Crippen LogP contribution in [0.2, 0.25) is 0 Å². The van der Waals surface area contributed by atoms with Gasteiger partial charge in [-0.15, -0.1) is 0 Å². The predicted molar refractivity (Wildman–Crippen MR) is 141 cm³/mol. The fourth-order valence-electron chi connectivity index (χ4n) is 4.61. The van der Waals surface area contributed by atoms with Gasteiger partial charge in [-0.05, 0) is 18.6 Å². The highest BCUT2D eigenvalue weighted by Gasteiger charge is 2.43. The van der Waals surface area contributed by atoms with E-state index < -0.39 is 88.1 Å². The lowest BCUT2D eigenvalue weighted by Crippen LogP contribution is -2.28. The van der Waals surface area contributed by atoms with Crippen molar-refractivity contribution in [1.29, 1.82) is 0 Å². The number of benzene rings is 3. The van der Waals surface area contributed by atoms with Gasteiger partial charge < -0.3 is 23.7 Å². The lowest BCUT2D eigenvalue weighted by Gasteiger charge is -2.30. The summed E-state index contributed by atoms with van der Waals surface area (Å²) < 4.78 is 192. The van der Waals surface area contributed by atoms with E-state index in [0.717, 1.165) is 31.7 Å². The Bertz CT molecular complexity index is 1590. The zero-order chi connectivity index (χ0) is 35.4. The van der Waals surface area contributed by atoms with Crippen LogP contribution in [0.5, 0.6) is 17.2 Å². The molecule has 0 radical (unpaired) electrons. The van der Waals surface area contributed by atoms with Gasteiger partial charge >= 0.3 is 24.3 Å². The Labute approximate surface area is 264 Å². The van der Waals surface area contributed by atoms with Crippen molar-refractivity contribution in [2.75, 3.05) is 13.2 Å². The molecule has 0 spiro atoms. The van der Waals surface area contributed by atoms with Crippen LogP contribution in [-0.4, -0.2) is 13.2 Å². The van der Waals surface area contributed by atoms with Crippen LogP contribution in [0.4, 0.5) is 52.7 Å². The highest BCUT2D eigenvalue weighted by atomic mass is 19.3. The molecule has 0 N–H and O–H groups in total. The first kappa shape index (κ1) is 36.7. The molecule has 0 amide bonds. The van der Waals surface area contributed by atoms with E-state index >= 15 is 0 Å². The van der Waals surface area contributed by atoms with Crippen molar-refractivity contribution >= 4 is 0 Å². The van der Waals surface area contributed by atoms with Crippen molar-refractivity contribution in [3.63, 3.8) is 0 Å². The van der Waals surface area contributed by atoms with E-state index in [-0.39, 0.29) is 35.7 Å². The van der Waals surface area contributed by atoms with Gasteiger partial charge in [0.2, 0.25) is 5.75 Å². The van der Waals surface area contributed by atoms with Gasteiger partial charge in [0, 0.05) is 35.7 Å². The number of alkyl halides is 4. The highest BCUT2D eigenvalue weighted by Crippen LogP contribution is 2.41. The summed E-state index contributed by atoms with van der Waals surface area (Å²) in [7, 11) is 0. The normalized spacial score (nSPS) is 16.9. The minimum Gasteiger partial charge on any atom is -0.429 e. The second kappa shape index (κ2) is 15.0. The first-order chi connectivity index (χ1) is 22.5. The maximum absolute atomic E-state index is 14.9. The largest absolute Gasteiger partial charge is 0.432 e. The van der Waals surface area contributed by atoms with Crippen LogP contribution in [-0.2, 0) is 21.7 Å². The molecule has 1 heterocycles. The van der Waals surface area contributed by atoms with Crippen LogP contribution in [0.3, 0.4) is 0 Å². The van der Waals surface area contributed by atoms with E-state index in [2.05, 4.69) is 21.1 Å². The van der Waals surface area contributed by atoms with Crippen LogP contribution in [0, 0.1) is 35.0 Å². The van der Waals surface area contributed by atoms with Crippen LogP contribution >= 0.6 is 0 Å².